The van der Waals surface area contributed by atoms with Crippen molar-refractivity contribution in [3.05, 3.63) is 23.8 Å². The molecule has 1 saturated heterocycles. The standard InChI is InChI=1S/C15H20N2O3.ClH/c1-10(16)15(18)17-7-3-5-12(17)11-4-2-6-13-14(11)20-9-8-19-13;/h2,4,6,10,12H,3,5,7-9,16H2,1H3;1H/t10-,12?;/m0./s1. The lowest BCUT2D eigenvalue weighted by molar-refractivity contribution is -0.133. The van der Waals surface area contributed by atoms with Crippen LogP contribution in [0, 0.1) is 0 Å². The Hall–Kier alpha value is -1.46. The number of likely N-dealkylation sites (tertiary alicyclic amines) is 1. The quantitative estimate of drug-likeness (QED) is 0.905. The Kier molecular flexibility index (Phi) is 4.96. The van der Waals surface area contributed by atoms with E-state index in [-0.39, 0.29) is 24.4 Å². The summed E-state index contributed by atoms with van der Waals surface area (Å²) in [7, 11) is 0. The summed E-state index contributed by atoms with van der Waals surface area (Å²) in [6.07, 6.45) is 1.94. The summed E-state index contributed by atoms with van der Waals surface area (Å²) in [5.74, 6) is 1.56. The molecule has 1 aromatic carbocycles. The van der Waals surface area contributed by atoms with Gasteiger partial charge in [0.1, 0.15) is 13.2 Å². The van der Waals surface area contributed by atoms with Crippen molar-refractivity contribution in [3.63, 3.8) is 0 Å². The number of ether oxygens (including phenoxy) is 2. The Morgan fingerprint density at radius 2 is 2.14 bits per heavy atom. The molecule has 1 amide bonds. The lowest BCUT2D eigenvalue weighted by atomic mass is 10.0. The highest BCUT2D eigenvalue weighted by atomic mass is 35.5. The minimum absolute atomic E-state index is 0. The van der Waals surface area contributed by atoms with Crippen molar-refractivity contribution in [1.82, 2.24) is 4.90 Å². The molecule has 2 atom stereocenters. The average Bonchev–Trinajstić information content (AvgIpc) is 2.94. The van der Waals surface area contributed by atoms with E-state index in [1.165, 1.54) is 0 Å². The van der Waals surface area contributed by atoms with Crippen molar-refractivity contribution >= 4 is 18.3 Å². The molecule has 6 heteroatoms. The number of carbonyl (C=O) groups is 1. The van der Waals surface area contributed by atoms with Gasteiger partial charge < -0.3 is 20.1 Å². The molecule has 1 aromatic rings. The van der Waals surface area contributed by atoms with E-state index in [9.17, 15) is 4.79 Å². The summed E-state index contributed by atoms with van der Waals surface area (Å²) in [5.41, 5.74) is 6.78. The van der Waals surface area contributed by atoms with Crippen molar-refractivity contribution in [1.29, 1.82) is 0 Å². The van der Waals surface area contributed by atoms with Crippen LogP contribution < -0.4 is 15.2 Å². The van der Waals surface area contributed by atoms with Gasteiger partial charge in [-0.15, -0.1) is 12.4 Å². The highest BCUT2D eigenvalue weighted by Crippen LogP contribution is 2.42. The Morgan fingerprint density at radius 1 is 1.38 bits per heavy atom. The van der Waals surface area contributed by atoms with Crippen molar-refractivity contribution in [2.24, 2.45) is 5.73 Å². The van der Waals surface area contributed by atoms with Crippen LogP contribution in [0.25, 0.3) is 0 Å². The molecule has 0 aliphatic carbocycles. The van der Waals surface area contributed by atoms with Gasteiger partial charge in [-0.3, -0.25) is 4.79 Å². The number of rotatable bonds is 2. The van der Waals surface area contributed by atoms with E-state index in [1.807, 2.05) is 23.1 Å². The van der Waals surface area contributed by atoms with Gasteiger partial charge in [-0.05, 0) is 25.8 Å². The maximum atomic E-state index is 12.2. The molecule has 0 aromatic heterocycles. The van der Waals surface area contributed by atoms with Crippen LogP contribution >= 0.6 is 12.4 Å². The van der Waals surface area contributed by atoms with Crippen molar-refractivity contribution < 1.29 is 14.3 Å². The first-order chi connectivity index (χ1) is 9.68. The third kappa shape index (κ3) is 2.94. The third-order valence-corrected chi connectivity index (χ3v) is 3.88. The van der Waals surface area contributed by atoms with Crippen LogP contribution in [0.1, 0.15) is 31.4 Å². The molecule has 0 radical (unpaired) electrons. The van der Waals surface area contributed by atoms with Gasteiger partial charge in [-0.25, -0.2) is 0 Å². The lowest BCUT2D eigenvalue weighted by Gasteiger charge is -2.29. The zero-order valence-electron chi connectivity index (χ0n) is 12.1. The summed E-state index contributed by atoms with van der Waals surface area (Å²) in [6, 6.07) is 5.46. The average molecular weight is 313 g/mol. The van der Waals surface area contributed by atoms with Crippen LogP contribution in [0.3, 0.4) is 0 Å². The summed E-state index contributed by atoms with van der Waals surface area (Å²) >= 11 is 0. The third-order valence-electron chi connectivity index (χ3n) is 3.88. The van der Waals surface area contributed by atoms with Gasteiger partial charge in [0, 0.05) is 12.1 Å². The second-order valence-corrected chi connectivity index (χ2v) is 5.35. The molecular formula is C15H21ClN2O3. The van der Waals surface area contributed by atoms with Crippen LogP contribution in [0.5, 0.6) is 11.5 Å². The fourth-order valence-electron chi connectivity index (χ4n) is 2.97. The molecule has 2 aliphatic rings. The highest BCUT2D eigenvalue weighted by Gasteiger charge is 2.34. The summed E-state index contributed by atoms with van der Waals surface area (Å²) < 4.78 is 11.4. The molecule has 2 N–H and O–H groups in total. The monoisotopic (exact) mass is 312 g/mol. The lowest BCUT2D eigenvalue weighted by Crippen LogP contribution is -2.41. The van der Waals surface area contributed by atoms with Gasteiger partial charge in [0.2, 0.25) is 5.91 Å². The maximum Gasteiger partial charge on any atom is 0.239 e. The van der Waals surface area contributed by atoms with Gasteiger partial charge in [-0.1, -0.05) is 12.1 Å². The molecular weight excluding hydrogens is 292 g/mol. The molecule has 0 spiro atoms. The largest absolute Gasteiger partial charge is 0.486 e. The smallest absolute Gasteiger partial charge is 0.239 e. The maximum absolute atomic E-state index is 12.2. The number of amides is 1. The first-order valence-corrected chi connectivity index (χ1v) is 7.13. The number of hydrogen-bond acceptors (Lipinski definition) is 4. The summed E-state index contributed by atoms with van der Waals surface area (Å²) in [6.45, 7) is 3.62. The van der Waals surface area contributed by atoms with Crippen molar-refractivity contribution in [2.75, 3.05) is 19.8 Å². The zero-order chi connectivity index (χ0) is 14.1. The number of benzene rings is 1. The molecule has 21 heavy (non-hydrogen) atoms. The normalized spacial score (nSPS) is 21.6. The predicted molar refractivity (Wildman–Crippen MR) is 82.0 cm³/mol. The number of fused-ring (bicyclic) bond motifs is 1. The molecule has 2 aliphatic heterocycles. The second-order valence-electron chi connectivity index (χ2n) is 5.35. The van der Waals surface area contributed by atoms with Gasteiger partial charge in [0.15, 0.2) is 11.5 Å². The molecule has 3 rings (SSSR count). The first-order valence-electron chi connectivity index (χ1n) is 7.13. The topological polar surface area (TPSA) is 64.8 Å². The Bertz CT molecular complexity index is 522. The minimum Gasteiger partial charge on any atom is -0.486 e. The molecule has 0 bridgehead atoms. The van der Waals surface area contributed by atoms with Gasteiger partial charge in [-0.2, -0.15) is 0 Å². The number of nitrogens with two attached hydrogens (primary N) is 1. The number of para-hydroxylation sites is 1. The summed E-state index contributed by atoms with van der Waals surface area (Å²) in [5, 5.41) is 0. The number of hydrogen-bond donors (Lipinski definition) is 1. The van der Waals surface area contributed by atoms with E-state index in [0.29, 0.717) is 13.2 Å². The van der Waals surface area contributed by atoms with Crippen LogP contribution in [0.4, 0.5) is 0 Å². The Morgan fingerprint density at radius 3 is 2.90 bits per heavy atom. The van der Waals surface area contributed by atoms with Gasteiger partial charge >= 0.3 is 0 Å². The Balaban J connectivity index is 0.00000161. The van der Waals surface area contributed by atoms with Crippen molar-refractivity contribution in [3.8, 4) is 11.5 Å². The second kappa shape index (κ2) is 6.54. The molecule has 0 saturated carbocycles. The summed E-state index contributed by atoms with van der Waals surface area (Å²) in [4.78, 5) is 14.1. The fraction of sp³-hybridized carbons (Fsp3) is 0.533. The van der Waals surface area contributed by atoms with E-state index in [2.05, 4.69) is 0 Å². The van der Waals surface area contributed by atoms with Gasteiger partial charge in [0.05, 0.1) is 12.1 Å². The number of carbonyl (C=O) groups excluding carboxylic acids is 1. The van der Waals surface area contributed by atoms with E-state index in [0.717, 1.165) is 36.4 Å². The van der Waals surface area contributed by atoms with Crippen LogP contribution in [0.2, 0.25) is 0 Å². The SMILES string of the molecule is C[C@H](N)C(=O)N1CCCC1c1cccc2c1OCCO2.Cl. The molecule has 1 fully saturated rings. The highest BCUT2D eigenvalue weighted by molar-refractivity contribution is 5.85. The van der Waals surface area contributed by atoms with Crippen LogP contribution in [0.15, 0.2) is 18.2 Å². The van der Waals surface area contributed by atoms with E-state index in [1.54, 1.807) is 6.92 Å². The predicted octanol–water partition coefficient (Wildman–Crippen LogP) is 1.89. The first kappa shape index (κ1) is 15.9. The number of nitrogens with zero attached hydrogens (tertiary/aromatic N) is 1. The molecule has 5 nitrogen and oxygen atoms in total. The number of halogens is 1. The molecule has 1 unspecified atom stereocenters. The fourth-order valence-corrected chi connectivity index (χ4v) is 2.97. The van der Waals surface area contributed by atoms with E-state index < -0.39 is 6.04 Å². The van der Waals surface area contributed by atoms with E-state index in [4.69, 9.17) is 15.2 Å². The molecule has 116 valence electrons. The van der Waals surface area contributed by atoms with E-state index >= 15 is 0 Å². The van der Waals surface area contributed by atoms with Gasteiger partial charge in [0.25, 0.3) is 0 Å². The Labute approximate surface area is 130 Å². The minimum atomic E-state index is -0.465. The van der Waals surface area contributed by atoms with Crippen molar-refractivity contribution in [2.45, 2.75) is 31.8 Å². The van der Waals surface area contributed by atoms with Crippen LogP contribution in [-0.2, 0) is 4.79 Å². The van der Waals surface area contributed by atoms with Crippen LogP contribution in [-0.4, -0.2) is 36.6 Å². The zero-order valence-corrected chi connectivity index (χ0v) is 12.9. The molecule has 2 heterocycles.